The fourth-order valence-corrected chi connectivity index (χ4v) is 2.48. The molecule has 0 bridgehead atoms. The minimum Gasteiger partial charge on any atom is -0.299 e. The maximum absolute atomic E-state index is 11.8. The molecule has 88 valence electrons. The van der Waals surface area contributed by atoms with Crippen molar-refractivity contribution in [1.82, 2.24) is 9.78 Å². The standard InChI is InChI=1S/C13H20N2O/c1-15-10-11(9-14-15)7-8-12-5-3-2-4-6-13(12)16/h9-10,12H,2-8H2,1H3. The van der Waals surface area contributed by atoms with E-state index in [9.17, 15) is 4.79 Å². The quantitative estimate of drug-likeness (QED) is 0.734. The lowest BCUT2D eigenvalue weighted by Crippen LogP contribution is -2.13. The Balaban J connectivity index is 1.86. The van der Waals surface area contributed by atoms with Gasteiger partial charge in [-0.3, -0.25) is 9.48 Å². The van der Waals surface area contributed by atoms with E-state index in [1.807, 2.05) is 24.1 Å². The lowest BCUT2D eigenvalue weighted by molar-refractivity contribution is -0.122. The van der Waals surface area contributed by atoms with Gasteiger partial charge < -0.3 is 0 Å². The lowest BCUT2D eigenvalue weighted by atomic mass is 9.92. The Morgan fingerprint density at radius 1 is 1.44 bits per heavy atom. The minimum atomic E-state index is 0.308. The normalized spacial score (nSPS) is 22.1. The van der Waals surface area contributed by atoms with Gasteiger partial charge in [0.1, 0.15) is 5.78 Å². The molecule has 1 aliphatic carbocycles. The Morgan fingerprint density at radius 3 is 3.06 bits per heavy atom. The molecule has 0 amide bonds. The number of hydrogen-bond acceptors (Lipinski definition) is 2. The van der Waals surface area contributed by atoms with Gasteiger partial charge in [-0.15, -0.1) is 0 Å². The molecule has 0 spiro atoms. The lowest BCUT2D eigenvalue weighted by Gasteiger charge is -2.11. The van der Waals surface area contributed by atoms with Crippen molar-refractivity contribution >= 4 is 5.78 Å². The molecule has 1 aromatic heterocycles. The molecule has 3 nitrogen and oxygen atoms in total. The summed E-state index contributed by atoms with van der Waals surface area (Å²) < 4.78 is 1.82. The third-order valence-corrected chi connectivity index (χ3v) is 3.47. The van der Waals surface area contributed by atoms with E-state index in [1.54, 1.807) is 0 Å². The Morgan fingerprint density at radius 2 is 2.31 bits per heavy atom. The highest BCUT2D eigenvalue weighted by Crippen LogP contribution is 2.23. The average Bonchev–Trinajstić information content (AvgIpc) is 2.56. The van der Waals surface area contributed by atoms with E-state index in [4.69, 9.17) is 0 Å². The number of aryl methyl sites for hydroxylation is 2. The largest absolute Gasteiger partial charge is 0.299 e. The molecule has 0 radical (unpaired) electrons. The first kappa shape index (κ1) is 11.4. The summed E-state index contributed by atoms with van der Waals surface area (Å²) in [7, 11) is 1.93. The van der Waals surface area contributed by atoms with E-state index >= 15 is 0 Å². The Hall–Kier alpha value is -1.12. The Bertz CT molecular complexity index is 357. The smallest absolute Gasteiger partial charge is 0.135 e. The van der Waals surface area contributed by atoms with Crippen LogP contribution in [-0.2, 0) is 18.3 Å². The van der Waals surface area contributed by atoms with Crippen LogP contribution in [0.3, 0.4) is 0 Å². The van der Waals surface area contributed by atoms with E-state index in [0.717, 1.165) is 32.1 Å². The van der Waals surface area contributed by atoms with Crippen LogP contribution in [0.2, 0.25) is 0 Å². The van der Waals surface area contributed by atoms with Crippen LogP contribution < -0.4 is 0 Å². The van der Waals surface area contributed by atoms with Crippen LogP contribution >= 0.6 is 0 Å². The fourth-order valence-electron chi connectivity index (χ4n) is 2.48. The van der Waals surface area contributed by atoms with Crippen molar-refractivity contribution in [3.05, 3.63) is 18.0 Å². The number of nitrogens with zero attached hydrogens (tertiary/aromatic N) is 2. The number of hydrogen-bond donors (Lipinski definition) is 0. The van der Waals surface area contributed by atoms with Crippen LogP contribution in [-0.4, -0.2) is 15.6 Å². The number of Topliss-reactive ketones (excluding diaryl/α,β-unsaturated/α-hetero) is 1. The van der Waals surface area contributed by atoms with Gasteiger partial charge in [0.15, 0.2) is 0 Å². The van der Waals surface area contributed by atoms with E-state index < -0.39 is 0 Å². The molecule has 1 fully saturated rings. The maximum atomic E-state index is 11.8. The summed E-state index contributed by atoms with van der Waals surface area (Å²) in [5, 5.41) is 4.15. The molecule has 0 aliphatic heterocycles. The van der Waals surface area contributed by atoms with Gasteiger partial charge in [-0.05, 0) is 31.2 Å². The van der Waals surface area contributed by atoms with Crippen LogP contribution in [0, 0.1) is 5.92 Å². The van der Waals surface area contributed by atoms with Gasteiger partial charge in [0.25, 0.3) is 0 Å². The molecule has 2 rings (SSSR count). The molecule has 1 heterocycles. The van der Waals surface area contributed by atoms with Crippen LogP contribution in [0.15, 0.2) is 12.4 Å². The Labute approximate surface area is 96.8 Å². The highest BCUT2D eigenvalue weighted by atomic mass is 16.1. The molecule has 0 N–H and O–H groups in total. The topological polar surface area (TPSA) is 34.9 Å². The average molecular weight is 220 g/mol. The maximum Gasteiger partial charge on any atom is 0.135 e. The van der Waals surface area contributed by atoms with Crippen LogP contribution in [0.25, 0.3) is 0 Å². The molecule has 1 atom stereocenters. The van der Waals surface area contributed by atoms with Crippen molar-refractivity contribution in [2.75, 3.05) is 0 Å². The van der Waals surface area contributed by atoms with Gasteiger partial charge in [-0.25, -0.2) is 0 Å². The summed E-state index contributed by atoms with van der Waals surface area (Å²) in [5.74, 6) is 0.795. The third-order valence-electron chi connectivity index (χ3n) is 3.47. The molecule has 1 aliphatic rings. The van der Waals surface area contributed by atoms with Crippen LogP contribution in [0.4, 0.5) is 0 Å². The first-order valence-corrected chi connectivity index (χ1v) is 6.26. The van der Waals surface area contributed by atoms with Crippen molar-refractivity contribution in [2.45, 2.75) is 44.9 Å². The van der Waals surface area contributed by atoms with Gasteiger partial charge in [-0.1, -0.05) is 12.8 Å². The third kappa shape index (κ3) is 2.94. The van der Waals surface area contributed by atoms with Crippen molar-refractivity contribution in [3.63, 3.8) is 0 Å². The summed E-state index contributed by atoms with van der Waals surface area (Å²) in [6.45, 7) is 0. The van der Waals surface area contributed by atoms with E-state index in [1.165, 1.54) is 18.4 Å². The SMILES string of the molecule is Cn1cc(CCC2CCCCCC2=O)cn1. The highest BCUT2D eigenvalue weighted by molar-refractivity contribution is 5.81. The first-order chi connectivity index (χ1) is 7.75. The van der Waals surface area contributed by atoms with Crippen molar-refractivity contribution in [2.24, 2.45) is 13.0 Å². The zero-order valence-corrected chi connectivity index (χ0v) is 9.98. The predicted molar refractivity (Wildman–Crippen MR) is 63.1 cm³/mol. The first-order valence-electron chi connectivity index (χ1n) is 6.26. The zero-order valence-electron chi connectivity index (χ0n) is 9.98. The number of aromatic nitrogens is 2. The van der Waals surface area contributed by atoms with Crippen molar-refractivity contribution in [3.8, 4) is 0 Å². The number of rotatable bonds is 3. The number of carbonyl (C=O) groups excluding carboxylic acids is 1. The fraction of sp³-hybridized carbons (Fsp3) is 0.692. The molecule has 1 saturated carbocycles. The number of carbonyl (C=O) groups is 1. The van der Waals surface area contributed by atoms with Crippen LogP contribution in [0.5, 0.6) is 0 Å². The van der Waals surface area contributed by atoms with Gasteiger partial charge in [-0.2, -0.15) is 5.10 Å². The van der Waals surface area contributed by atoms with Crippen LogP contribution in [0.1, 0.15) is 44.1 Å². The van der Waals surface area contributed by atoms with Gasteiger partial charge in [0, 0.05) is 25.6 Å². The molecule has 0 aromatic carbocycles. The minimum absolute atomic E-state index is 0.308. The second-order valence-electron chi connectivity index (χ2n) is 4.82. The zero-order chi connectivity index (χ0) is 11.4. The summed E-state index contributed by atoms with van der Waals surface area (Å²) in [4.78, 5) is 11.8. The summed E-state index contributed by atoms with van der Waals surface area (Å²) >= 11 is 0. The van der Waals surface area contributed by atoms with Crippen molar-refractivity contribution < 1.29 is 4.79 Å². The molecule has 3 heteroatoms. The molecule has 0 saturated heterocycles. The number of ketones is 1. The summed E-state index contributed by atoms with van der Waals surface area (Å²) in [6.07, 6.45) is 11.4. The monoisotopic (exact) mass is 220 g/mol. The van der Waals surface area contributed by atoms with E-state index in [2.05, 4.69) is 5.10 Å². The predicted octanol–water partition coefficient (Wildman–Crippen LogP) is 2.50. The molecule has 1 unspecified atom stereocenters. The summed E-state index contributed by atoms with van der Waals surface area (Å²) in [5.41, 5.74) is 1.25. The molecular weight excluding hydrogens is 200 g/mol. The van der Waals surface area contributed by atoms with Gasteiger partial charge >= 0.3 is 0 Å². The second kappa shape index (κ2) is 5.28. The van der Waals surface area contributed by atoms with Gasteiger partial charge in [0.2, 0.25) is 0 Å². The molecule has 1 aromatic rings. The molecule has 16 heavy (non-hydrogen) atoms. The van der Waals surface area contributed by atoms with E-state index in [0.29, 0.717) is 11.7 Å². The van der Waals surface area contributed by atoms with E-state index in [-0.39, 0.29) is 0 Å². The highest BCUT2D eigenvalue weighted by Gasteiger charge is 2.20. The Kier molecular flexibility index (Phi) is 3.75. The summed E-state index contributed by atoms with van der Waals surface area (Å²) in [6, 6.07) is 0. The molecular formula is C13H20N2O. The second-order valence-corrected chi connectivity index (χ2v) is 4.82. The van der Waals surface area contributed by atoms with Crippen molar-refractivity contribution in [1.29, 1.82) is 0 Å². The van der Waals surface area contributed by atoms with Gasteiger partial charge in [0.05, 0.1) is 6.20 Å².